The van der Waals surface area contributed by atoms with E-state index in [9.17, 15) is 9.90 Å². The molecule has 0 saturated heterocycles. The van der Waals surface area contributed by atoms with Gasteiger partial charge >= 0.3 is 0 Å². The number of amides is 1. The van der Waals surface area contributed by atoms with Crippen molar-refractivity contribution in [2.24, 2.45) is 0 Å². The van der Waals surface area contributed by atoms with Crippen molar-refractivity contribution in [3.63, 3.8) is 0 Å². The van der Waals surface area contributed by atoms with E-state index in [2.05, 4.69) is 17.2 Å². The second-order valence-corrected chi connectivity index (χ2v) is 8.11. The summed E-state index contributed by atoms with van der Waals surface area (Å²) in [6.07, 6.45) is 15.8. The van der Waals surface area contributed by atoms with Gasteiger partial charge in [0.05, 0.1) is 17.7 Å². The highest BCUT2D eigenvalue weighted by atomic mass is 16.5. The molecule has 1 atom stereocenters. The largest absolute Gasteiger partial charge is 0.493 e. The van der Waals surface area contributed by atoms with E-state index in [1.165, 1.54) is 57.6 Å². The summed E-state index contributed by atoms with van der Waals surface area (Å²) >= 11 is 0. The second-order valence-electron chi connectivity index (χ2n) is 8.11. The number of nitrogens with zero attached hydrogens (tertiary/aromatic N) is 1. The van der Waals surface area contributed by atoms with Gasteiger partial charge in [0.2, 0.25) is 0 Å². The zero-order valence-electron chi connectivity index (χ0n) is 18.0. The predicted molar refractivity (Wildman–Crippen MR) is 118 cm³/mol. The van der Waals surface area contributed by atoms with Crippen LogP contribution < -0.4 is 10.1 Å². The highest BCUT2D eigenvalue weighted by Crippen LogP contribution is 2.38. The summed E-state index contributed by atoms with van der Waals surface area (Å²) < 4.78 is 6.01. The number of nitrogens with one attached hydrogen (secondary N) is 1. The molecule has 1 aliphatic rings. The smallest absolute Gasteiger partial charge is 0.256 e. The second kappa shape index (κ2) is 11.1. The number of unbranched alkanes of at least 4 members (excludes halogenated alkanes) is 9. The minimum absolute atomic E-state index is 0.329. The van der Waals surface area contributed by atoms with Crippen LogP contribution in [0.4, 0.5) is 0 Å². The van der Waals surface area contributed by atoms with Crippen LogP contribution in [0.3, 0.4) is 0 Å². The molecule has 2 aromatic rings. The van der Waals surface area contributed by atoms with Gasteiger partial charge in [-0.05, 0) is 18.6 Å². The number of hydrogen-bond donors (Lipinski definition) is 2. The van der Waals surface area contributed by atoms with Gasteiger partial charge in [-0.3, -0.25) is 9.78 Å². The van der Waals surface area contributed by atoms with Crippen molar-refractivity contribution in [3.05, 3.63) is 59.4 Å². The monoisotopic (exact) mass is 410 g/mol. The number of benzene rings is 1. The number of fused-ring (bicyclic) bond motifs is 1. The number of rotatable bonds is 13. The van der Waals surface area contributed by atoms with Gasteiger partial charge in [0.1, 0.15) is 5.75 Å². The number of ether oxygens (including phenoxy) is 1. The summed E-state index contributed by atoms with van der Waals surface area (Å²) in [6.45, 7) is 2.85. The number of aliphatic hydroxyl groups is 1. The van der Waals surface area contributed by atoms with Crippen LogP contribution in [0.15, 0.2) is 42.7 Å². The average Bonchev–Trinajstić information content (AvgIpc) is 3.03. The van der Waals surface area contributed by atoms with Crippen LogP contribution in [0.25, 0.3) is 0 Å². The first-order chi connectivity index (χ1) is 14.7. The van der Waals surface area contributed by atoms with Crippen molar-refractivity contribution >= 4 is 5.91 Å². The van der Waals surface area contributed by atoms with Crippen LogP contribution in [0.5, 0.6) is 5.75 Å². The summed E-state index contributed by atoms with van der Waals surface area (Å²) in [5.41, 5.74) is -0.138. The van der Waals surface area contributed by atoms with Crippen molar-refractivity contribution in [1.29, 1.82) is 0 Å². The molecule has 2 N–H and O–H groups in total. The first kappa shape index (κ1) is 22.3. The van der Waals surface area contributed by atoms with E-state index in [1.54, 1.807) is 18.3 Å². The Hall–Kier alpha value is -2.40. The fourth-order valence-electron chi connectivity index (χ4n) is 4.07. The highest BCUT2D eigenvalue weighted by Gasteiger charge is 2.44. The standard InChI is InChI=1S/C25H34N2O3/c1-2-3-4-5-6-7-8-9-10-13-18-30-23-15-12-11-14-22(23)25(29)21-16-17-26-19-20(21)24(28)27-25/h11-12,14-17,19,29H,2-10,13,18H2,1H3,(H,27,28). The summed E-state index contributed by atoms with van der Waals surface area (Å²) in [7, 11) is 0. The van der Waals surface area contributed by atoms with Crippen molar-refractivity contribution < 1.29 is 14.6 Å². The minimum atomic E-state index is -1.59. The van der Waals surface area contributed by atoms with E-state index in [-0.39, 0.29) is 5.91 Å². The molecule has 1 aromatic carbocycles. The molecular formula is C25H34N2O3. The van der Waals surface area contributed by atoms with E-state index in [0.29, 0.717) is 29.0 Å². The number of carbonyl (C=O) groups excluding carboxylic acids is 1. The first-order valence-corrected chi connectivity index (χ1v) is 11.4. The van der Waals surface area contributed by atoms with Crippen molar-refractivity contribution in [2.45, 2.75) is 76.9 Å². The molecule has 1 aliphatic heterocycles. The number of pyridine rings is 1. The summed E-state index contributed by atoms with van der Waals surface area (Å²) in [5, 5.41) is 14.0. The molecule has 30 heavy (non-hydrogen) atoms. The molecule has 162 valence electrons. The predicted octanol–water partition coefficient (Wildman–Crippen LogP) is 5.32. The molecule has 2 heterocycles. The van der Waals surface area contributed by atoms with Gasteiger partial charge in [-0.15, -0.1) is 0 Å². The maximum atomic E-state index is 12.3. The van der Waals surface area contributed by atoms with Crippen molar-refractivity contribution in [2.75, 3.05) is 6.61 Å². The Bertz CT molecular complexity index is 824. The average molecular weight is 411 g/mol. The third-order valence-corrected chi connectivity index (χ3v) is 5.78. The Balaban J connectivity index is 1.47. The maximum absolute atomic E-state index is 12.3. The van der Waals surface area contributed by atoms with Gasteiger partial charge in [0.15, 0.2) is 5.72 Å². The zero-order valence-corrected chi connectivity index (χ0v) is 18.0. The van der Waals surface area contributed by atoms with E-state index in [4.69, 9.17) is 4.74 Å². The van der Waals surface area contributed by atoms with Crippen LogP contribution in [0, 0.1) is 0 Å². The van der Waals surface area contributed by atoms with Crippen molar-refractivity contribution in [1.82, 2.24) is 10.3 Å². The molecule has 3 rings (SSSR count). The Morgan fingerprint density at radius 1 is 0.933 bits per heavy atom. The lowest BCUT2D eigenvalue weighted by molar-refractivity contribution is 0.0453. The number of aromatic nitrogens is 1. The van der Waals surface area contributed by atoms with E-state index >= 15 is 0 Å². The highest BCUT2D eigenvalue weighted by molar-refractivity contribution is 6.00. The van der Waals surface area contributed by atoms with E-state index in [0.717, 1.165) is 12.8 Å². The van der Waals surface area contributed by atoms with Gasteiger partial charge in [-0.2, -0.15) is 0 Å². The summed E-state index contributed by atoms with van der Waals surface area (Å²) in [6, 6.07) is 9.03. The van der Waals surface area contributed by atoms with Crippen molar-refractivity contribution in [3.8, 4) is 5.75 Å². The molecule has 1 aromatic heterocycles. The fraction of sp³-hybridized carbons (Fsp3) is 0.520. The molecule has 0 saturated carbocycles. The van der Waals surface area contributed by atoms with Gasteiger partial charge in [0, 0.05) is 18.0 Å². The van der Waals surface area contributed by atoms with Gasteiger partial charge < -0.3 is 15.2 Å². The molecule has 1 unspecified atom stereocenters. The molecule has 5 nitrogen and oxygen atoms in total. The normalized spacial score (nSPS) is 17.6. The minimum Gasteiger partial charge on any atom is -0.493 e. The molecule has 0 aliphatic carbocycles. The molecule has 5 heteroatoms. The Morgan fingerprint density at radius 3 is 2.33 bits per heavy atom. The SMILES string of the molecule is CCCCCCCCCCCCOc1ccccc1C1(O)NC(=O)c2cnccc21. The molecule has 0 bridgehead atoms. The fourth-order valence-corrected chi connectivity index (χ4v) is 4.07. The Morgan fingerprint density at radius 2 is 1.60 bits per heavy atom. The number of para-hydroxylation sites is 1. The molecule has 0 fully saturated rings. The third kappa shape index (κ3) is 5.39. The van der Waals surface area contributed by atoms with Crippen LogP contribution >= 0.6 is 0 Å². The van der Waals surface area contributed by atoms with E-state index in [1.807, 2.05) is 18.2 Å². The zero-order chi connectivity index (χ0) is 21.2. The Kier molecular flexibility index (Phi) is 8.26. The molecular weight excluding hydrogens is 376 g/mol. The van der Waals surface area contributed by atoms with Crippen LogP contribution in [0.2, 0.25) is 0 Å². The van der Waals surface area contributed by atoms with Gasteiger partial charge in [0.25, 0.3) is 5.91 Å². The van der Waals surface area contributed by atoms with Crippen LogP contribution in [-0.4, -0.2) is 22.6 Å². The molecule has 1 amide bonds. The maximum Gasteiger partial charge on any atom is 0.256 e. The van der Waals surface area contributed by atoms with Gasteiger partial charge in [-0.1, -0.05) is 82.9 Å². The lowest BCUT2D eigenvalue weighted by atomic mass is 9.95. The Labute approximate surface area is 179 Å². The third-order valence-electron chi connectivity index (χ3n) is 5.78. The quantitative estimate of drug-likeness (QED) is 0.439. The van der Waals surface area contributed by atoms with Gasteiger partial charge in [-0.25, -0.2) is 0 Å². The van der Waals surface area contributed by atoms with Crippen LogP contribution in [-0.2, 0) is 5.72 Å². The molecule has 0 spiro atoms. The lowest BCUT2D eigenvalue weighted by Crippen LogP contribution is -2.40. The van der Waals surface area contributed by atoms with Crippen LogP contribution in [0.1, 0.15) is 92.6 Å². The lowest BCUT2D eigenvalue weighted by Gasteiger charge is -2.26. The topological polar surface area (TPSA) is 71.5 Å². The summed E-state index contributed by atoms with van der Waals surface area (Å²) in [5.74, 6) is 0.269. The van der Waals surface area contributed by atoms with E-state index < -0.39 is 5.72 Å². The molecule has 0 radical (unpaired) electrons. The summed E-state index contributed by atoms with van der Waals surface area (Å²) in [4.78, 5) is 16.3. The number of carbonyl (C=O) groups is 1. The number of hydrogen-bond acceptors (Lipinski definition) is 4. The first-order valence-electron chi connectivity index (χ1n) is 11.4.